The Hall–Kier alpha value is -1.32. The molecule has 1 aliphatic heterocycles. The van der Waals surface area contributed by atoms with Gasteiger partial charge in [-0.1, -0.05) is 32.4 Å². The second-order valence-corrected chi connectivity index (χ2v) is 6.51. The number of hydrogen-bond donors (Lipinski definition) is 0. The maximum atomic E-state index is 11.4. The molecule has 0 spiro atoms. The number of rotatable bonds is 3. The van der Waals surface area contributed by atoms with E-state index in [1.165, 1.54) is 11.3 Å². The van der Waals surface area contributed by atoms with Gasteiger partial charge in [-0.25, -0.2) is 0 Å². The van der Waals surface area contributed by atoms with E-state index in [0.29, 0.717) is 5.02 Å². The zero-order chi connectivity index (χ0) is 16.3. The minimum absolute atomic E-state index is 0.0999. The zero-order valence-corrected chi connectivity index (χ0v) is 15.0. The van der Waals surface area contributed by atoms with Crippen LogP contribution in [0.2, 0.25) is 5.02 Å². The maximum Gasteiger partial charge on any atom is 0.169 e. The number of halogens is 1. The van der Waals surface area contributed by atoms with E-state index >= 15 is 0 Å². The molecule has 0 bridgehead atoms. The Morgan fingerprint density at radius 1 is 1.36 bits per heavy atom. The first-order valence-corrected chi connectivity index (χ1v) is 8.88. The summed E-state index contributed by atoms with van der Waals surface area (Å²) in [5.74, 6) is 0.925. The van der Waals surface area contributed by atoms with Crippen LogP contribution in [0.25, 0.3) is 10.4 Å². The third-order valence-electron chi connectivity index (χ3n) is 3.55. The molecule has 22 heavy (non-hydrogen) atoms. The first-order valence-electron chi connectivity index (χ1n) is 7.68. The SMILES string of the molecule is CC.CCC1Cc2cc(-c3ccc(C(C)=O)s3)cc(Cl)c2O1. The van der Waals surface area contributed by atoms with Crippen LogP contribution in [-0.2, 0) is 6.42 Å². The van der Waals surface area contributed by atoms with E-state index in [1.54, 1.807) is 6.92 Å². The molecular formula is C18H21ClO2S. The molecule has 0 radical (unpaired) electrons. The number of benzene rings is 1. The van der Waals surface area contributed by atoms with E-state index in [9.17, 15) is 4.79 Å². The summed E-state index contributed by atoms with van der Waals surface area (Å²) in [7, 11) is 0. The molecule has 0 amide bonds. The summed E-state index contributed by atoms with van der Waals surface area (Å²) < 4.78 is 5.84. The number of carbonyl (C=O) groups excluding carboxylic acids is 1. The molecule has 1 aromatic carbocycles. The molecule has 118 valence electrons. The molecule has 1 aromatic heterocycles. The lowest BCUT2D eigenvalue weighted by Gasteiger charge is -2.07. The largest absolute Gasteiger partial charge is 0.488 e. The van der Waals surface area contributed by atoms with Crippen molar-refractivity contribution in [3.63, 3.8) is 0 Å². The lowest BCUT2D eigenvalue weighted by Crippen LogP contribution is -2.10. The van der Waals surface area contributed by atoms with Crippen molar-refractivity contribution in [3.8, 4) is 16.2 Å². The van der Waals surface area contributed by atoms with E-state index < -0.39 is 0 Å². The third-order valence-corrected chi connectivity index (χ3v) is 5.06. The van der Waals surface area contributed by atoms with E-state index in [-0.39, 0.29) is 11.9 Å². The highest BCUT2D eigenvalue weighted by atomic mass is 35.5. The highest BCUT2D eigenvalue weighted by molar-refractivity contribution is 7.17. The topological polar surface area (TPSA) is 26.3 Å². The van der Waals surface area contributed by atoms with Gasteiger partial charge in [0.2, 0.25) is 0 Å². The number of ether oxygens (including phenoxy) is 1. The van der Waals surface area contributed by atoms with Crippen molar-refractivity contribution in [2.24, 2.45) is 0 Å². The van der Waals surface area contributed by atoms with Gasteiger partial charge in [-0.15, -0.1) is 11.3 Å². The van der Waals surface area contributed by atoms with Crippen molar-refractivity contribution in [2.75, 3.05) is 0 Å². The van der Waals surface area contributed by atoms with Gasteiger partial charge in [0.25, 0.3) is 0 Å². The molecule has 0 aliphatic carbocycles. The third kappa shape index (κ3) is 3.36. The molecular weight excluding hydrogens is 316 g/mol. The van der Waals surface area contributed by atoms with E-state index in [2.05, 4.69) is 13.0 Å². The van der Waals surface area contributed by atoms with Crippen molar-refractivity contribution in [2.45, 2.75) is 46.6 Å². The van der Waals surface area contributed by atoms with Gasteiger partial charge >= 0.3 is 0 Å². The number of thiophene rings is 1. The standard InChI is InChI=1S/C16H15ClO2S.C2H6/c1-3-12-7-11-6-10(8-13(17)16(11)19-12)15-5-4-14(20-15)9(2)18;1-2/h4-6,8,12H,3,7H2,1-2H3;1-2H3. The number of Topliss-reactive ketones (excluding diaryl/α,β-unsaturated/α-hetero) is 1. The first-order chi connectivity index (χ1) is 10.6. The molecule has 0 N–H and O–H groups in total. The average Bonchev–Trinajstić information content (AvgIpc) is 3.16. The summed E-state index contributed by atoms with van der Waals surface area (Å²) in [6.45, 7) is 7.70. The van der Waals surface area contributed by atoms with Gasteiger partial charge in [-0.2, -0.15) is 0 Å². The van der Waals surface area contributed by atoms with Crippen molar-refractivity contribution in [1.29, 1.82) is 0 Å². The highest BCUT2D eigenvalue weighted by Gasteiger charge is 2.24. The monoisotopic (exact) mass is 336 g/mol. The minimum Gasteiger partial charge on any atom is -0.488 e. The van der Waals surface area contributed by atoms with Gasteiger partial charge in [0.15, 0.2) is 5.78 Å². The molecule has 1 aliphatic rings. The Morgan fingerprint density at radius 3 is 2.68 bits per heavy atom. The van der Waals surface area contributed by atoms with E-state index in [0.717, 1.165) is 39.5 Å². The summed E-state index contributed by atoms with van der Waals surface area (Å²) in [5, 5.41) is 0.659. The van der Waals surface area contributed by atoms with Gasteiger partial charge in [0, 0.05) is 16.9 Å². The van der Waals surface area contributed by atoms with Gasteiger partial charge in [-0.05, 0) is 43.2 Å². The molecule has 1 atom stereocenters. The van der Waals surface area contributed by atoms with Gasteiger partial charge in [0.05, 0.1) is 9.90 Å². The van der Waals surface area contributed by atoms with Crippen LogP contribution >= 0.6 is 22.9 Å². The van der Waals surface area contributed by atoms with Crippen LogP contribution in [0.5, 0.6) is 5.75 Å². The predicted molar refractivity (Wildman–Crippen MR) is 94.5 cm³/mol. The molecule has 2 nitrogen and oxygen atoms in total. The molecule has 4 heteroatoms. The number of fused-ring (bicyclic) bond motifs is 1. The fourth-order valence-electron chi connectivity index (χ4n) is 2.44. The molecule has 0 saturated heterocycles. The predicted octanol–water partition coefficient (Wildman–Crippen LogP) is 6.01. The Balaban J connectivity index is 0.000000847. The molecule has 2 heterocycles. The normalized spacial score (nSPS) is 15.6. The molecule has 0 fully saturated rings. The fraction of sp³-hybridized carbons (Fsp3) is 0.389. The van der Waals surface area contributed by atoms with Crippen LogP contribution in [0, 0.1) is 0 Å². The zero-order valence-electron chi connectivity index (χ0n) is 13.4. The summed E-state index contributed by atoms with van der Waals surface area (Å²) in [6, 6.07) is 7.90. The van der Waals surface area contributed by atoms with Crippen LogP contribution in [-0.4, -0.2) is 11.9 Å². The minimum atomic E-state index is 0.0999. The summed E-state index contributed by atoms with van der Waals surface area (Å²) in [4.78, 5) is 13.2. The van der Waals surface area contributed by atoms with Crippen molar-refractivity contribution in [3.05, 3.63) is 39.7 Å². The number of carbonyl (C=O) groups is 1. The van der Waals surface area contributed by atoms with Gasteiger partial charge < -0.3 is 4.74 Å². The van der Waals surface area contributed by atoms with Gasteiger partial charge in [0.1, 0.15) is 11.9 Å². The van der Waals surface area contributed by atoms with Crippen LogP contribution in [0.1, 0.15) is 49.4 Å². The van der Waals surface area contributed by atoms with Crippen molar-refractivity contribution < 1.29 is 9.53 Å². The maximum absolute atomic E-state index is 11.4. The second kappa shape index (κ2) is 7.30. The number of ketones is 1. The lowest BCUT2D eigenvalue weighted by molar-refractivity contribution is 0.102. The molecule has 0 saturated carbocycles. The smallest absolute Gasteiger partial charge is 0.169 e. The van der Waals surface area contributed by atoms with Crippen molar-refractivity contribution >= 4 is 28.7 Å². The Kier molecular flexibility index (Phi) is 5.65. The van der Waals surface area contributed by atoms with Crippen LogP contribution in [0.15, 0.2) is 24.3 Å². The first kappa shape index (κ1) is 17.0. The number of hydrogen-bond acceptors (Lipinski definition) is 3. The lowest BCUT2D eigenvalue weighted by atomic mass is 10.0. The fourth-order valence-corrected chi connectivity index (χ4v) is 3.61. The van der Waals surface area contributed by atoms with Gasteiger partial charge in [-0.3, -0.25) is 4.79 Å². The Morgan fingerprint density at radius 2 is 2.09 bits per heavy atom. The Labute approximate surface area is 141 Å². The summed E-state index contributed by atoms with van der Waals surface area (Å²) in [5.41, 5.74) is 2.23. The quantitative estimate of drug-likeness (QED) is 0.641. The molecule has 2 aromatic rings. The van der Waals surface area contributed by atoms with Crippen molar-refractivity contribution in [1.82, 2.24) is 0 Å². The highest BCUT2D eigenvalue weighted by Crippen LogP contribution is 2.41. The van der Waals surface area contributed by atoms with Crippen LogP contribution < -0.4 is 4.74 Å². The summed E-state index contributed by atoms with van der Waals surface area (Å²) >= 11 is 7.83. The Bertz CT molecular complexity index is 676. The van der Waals surface area contributed by atoms with E-state index in [1.807, 2.05) is 32.0 Å². The molecule has 1 unspecified atom stereocenters. The van der Waals surface area contributed by atoms with Crippen LogP contribution in [0.4, 0.5) is 0 Å². The van der Waals surface area contributed by atoms with E-state index in [4.69, 9.17) is 16.3 Å². The van der Waals surface area contributed by atoms with Crippen LogP contribution in [0.3, 0.4) is 0 Å². The summed E-state index contributed by atoms with van der Waals surface area (Å²) in [6.07, 6.45) is 2.12. The molecule has 3 rings (SSSR count). The second-order valence-electron chi connectivity index (χ2n) is 5.02. The average molecular weight is 337 g/mol.